The largest absolute Gasteiger partial charge is 0.389 e. The van der Waals surface area contributed by atoms with E-state index in [1.54, 1.807) is 12.1 Å². The van der Waals surface area contributed by atoms with Gasteiger partial charge in [0.2, 0.25) is 0 Å². The van der Waals surface area contributed by atoms with E-state index in [0.717, 1.165) is 5.56 Å². The molecule has 0 saturated heterocycles. The molecular formula is C14H11BrF2N2S. The summed E-state index contributed by atoms with van der Waals surface area (Å²) in [4.78, 5) is 0.158. The Kier molecular flexibility index (Phi) is 4.35. The SMILES string of the molecule is Cc1ccc(C(N)=S)c(Nc2c(F)cc(Br)cc2F)c1. The molecule has 2 nitrogen and oxygen atoms in total. The first kappa shape index (κ1) is 14.9. The summed E-state index contributed by atoms with van der Waals surface area (Å²) in [6.07, 6.45) is 0. The van der Waals surface area contributed by atoms with Gasteiger partial charge in [-0.1, -0.05) is 34.2 Å². The third-order valence-electron chi connectivity index (χ3n) is 2.71. The highest BCUT2D eigenvalue weighted by molar-refractivity contribution is 9.10. The van der Waals surface area contributed by atoms with Crippen molar-refractivity contribution in [2.24, 2.45) is 5.73 Å². The van der Waals surface area contributed by atoms with Gasteiger partial charge in [0, 0.05) is 15.7 Å². The number of nitrogens with one attached hydrogen (secondary N) is 1. The Morgan fingerprint density at radius 2 is 1.80 bits per heavy atom. The van der Waals surface area contributed by atoms with Gasteiger partial charge in [0.1, 0.15) is 10.7 Å². The third kappa shape index (κ3) is 3.13. The van der Waals surface area contributed by atoms with E-state index >= 15 is 0 Å². The summed E-state index contributed by atoms with van der Waals surface area (Å²) in [5, 5.41) is 2.72. The zero-order chi connectivity index (χ0) is 14.9. The highest BCUT2D eigenvalue weighted by Crippen LogP contribution is 2.29. The van der Waals surface area contributed by atoms with Crippen molar-refractivity contribution in [3.05, 3.63) is 57.6 Å². The molecule has 0 fully saturated rings. The highest BCUT2D eigenvalue weighted by Gasteiger charge is 2.13. The Morgan fingerprint density at radius 1 is 1.20 bits per heavy atom. The zero-order valence-electron chi connectivity index (χ0n) is 10.5. The van der Waals surface area contributed by atoms with Crippen LogP contribution in [0.15, 0.2) is 34.8 Å². The van der Waals surface area contributed by atoms with Gasteiger partial charge in [-0.2, -0.15) is 0 Å². The lowest BCUT2D eigenvalue weighted by molar-refractivity contribution is 0.589. The molecule has 0 atom stereocenters. The van der Waals surface area contributed by atoms with E-state index in [-0.39, 0.29) is 10.7 Å². The fourth-order valence-corrected chi connectivity index (χ4v) is 2.35. The molecule has 0 aliphatic carbocycles. The minimum absolute atomic E-state index is 0.158. The number of benzene rings is 2. The van der Waals surface area contributed by atoms with Crippen LogP contribution in [0.4, 0.5) is 20.2 Å². The molecular weight excluding hydrogens is 346 g/mol. The highest BCUT2D eigenvalue weighted by atomic mass is 79.9. The van der Waals surface area contributed by atoms with E-state index in [1.807, 2.05) is 13.0 Å². The number of hydrogen-bond donors (Lipinski definition) is 2. The summed E-state index contributed by atoms with van der Waals surface area (Å²) in [6.45, 7) is 1.86. The van der Waals surface area contributed by atoms with Crippen LogP contribution in [-0.2, 0) is 0 Å². The molecule has 0 radical (unpaired) electrons. The molecule has 2 aromatic carbocycles. The summed E-state index contributed by atoms with van der Waals surface area (Å²) in [5.74, 6) is -1.40. The average Bonchev–Trinajstić information content (AvgIpc) is 2.33. The van der Waals surface area contributed by atoms with Crippen molar-refractivity contribution in [3.8, 4) is 0 Å². The second-order valence-corrected chi connectivity index (χ2v) is 5.64. The topological polar surface area (TPSA) is 38.0 Å². The number of anilines is 2. The molecule has 0 aliphatic heterocycles. The molecule has 3 N–H and O–H groups in total. The van der Waals surface area contributed by atoms with Crippen LogP contribution in [0.3, 0.4) is 0 Å². The quantitative estimate of drug-likeness (QED) is 0.799. The maximum absolute atomic E-state index is 13.8. The average molecular weight is 357 g/mol. The molecule has 0 aliphatic rings. The van der Waals surface area contributed by atoms with Crippen LogP contribution < -0.4 is 11.1 Å². The second-order valence-electron chi connectivity index (χ2n) is 4.28. The van der Waals surface area contributed by atoms with E-state index in [2.05, 4.69) is 21.2 Å². The zero-order valence-corrected chi connectivity index (χ0v) is 12.9. The molecule has 6 heteroatoms. The molecule has 20 heavy (non-hydrogen) atoms. The molecule has 2 rings (SSSR count). The summed E-state index contributed by atoms with van der Waals surface area (Å²) in [7, 11) is 0. The Labute approximate surface area is 129 Å². The Balaban J connectivity index is 2.50. The lowest BCUT2D eigenvalue weighted by Crippen LogP contribution is -2.12. The Hall–Kier alpha value is -1.53. The number of nitrogens with two attached hydrogens (primary N) is 1. The van der Waals surface area contributed by atoms with Crippen LogP contribution in [0, 0.1) is 18.6 Å². The first-order valence-corrected chi connectivity index (χ1v) is 6.90. The van der Waals surface area contributed by atoms with Gasteiger partial charge in [0.15, 0.2) is 11.6 Å². The van der Waals surface area contributed by atoms with Gasteiger partial charge in [0.25, 0.3) is 0 Å². The smallest absolute Gasteiger partial charge is 0.150 e. The predicted octanol–water partition coefficient (Wildman–Crippen LogP) is 4.41. The lowest BCUT2D eigenvalue weighted by Gasteiger charge is -2.13. The van der Waals surface area contributed by atoms with Crippen molar-refractivity contribution < 1.29 is 8.78 Å². The molecule has 104 valence electrons. The first-order valence-electron chi connectivity index (χ1n) is 5.70. The number of thiocarbonyl (C=S) groups is 1. The maximum Gasteiger partial charge on any atom is 0.150 e. The fraction of sp³-hybridized carbons (Fsp3) is 0.0714. The summed E-state index contributed by atoms with van der Waals surface area (Å²) < 4.78 is 28.0. The number of hydrogen-bond acceptors (Lipinski definition) is 2. The van der Waals surface area contributed by atoms with E-state index < -0.39 is 11.6 Å². The molecule has 2 aromatic rings. The normalized spacial score (nSPS) is 10.4. The van der Waals surface area contributed by atoms with Crippen LogP contribution in [0.2, 0.25) is 0 Å². The van der Waals surface area contributed by atoms with Crippen LogP contribution in [0.1, 0.15) is 11.1 Å². The van der Waals surface area contributed by atoms with E-state index in [1.165, 1.54) is 12.1 Å². The third-order valence-corrected chi connectivity index (χ3v) is 3.38. The van der Waals surface area contributed by atoms with Crippen molar-refractivity contribution in [2.75, 3.05) is 5.32 Å². The Bertz CT molecular complexity index is 666. The summed E-state index contributed by atoms with van der Waals surface area (Å²) >= 11 is 7.97. The van der Waals surface area contributed by atoms with Gasteiger partial charge in [-0.25, -0.2) is 8.78 Å². The standard InChI is InChI=1S/C14H11BrF2N2S/c1-7-2-3-9(14(18)20)12(4-7)19-13-10(16)5-8(15)6-11(13)17/h2-6,19H,1H3,(H2,18,20). The van der Waals surface area contributed by atoms with E-state index in [9.17, 15) is 8.78 Å². The van der Waals surface area contributed by atoms with Gasteiger partial charge in [0.05, 0.1) is 0 Å². The van der Waals surface area contributed by atoms with Crippen molar-refractivity contribution in [3.63, 3.8) is 0 Å². The lowest BCUT2D eigenvalue weighted by atomic mass is 10.1. The first-order chi connectivity index (χ1) is 9.38. The monoisotopic (exact) mass is 356 g/mol. The van der Waals surface area contributed by atoms with Crippen LogP contribution in [0.5, 0.6) is 0 Å². The molecule has 0 bridgehead atoms. The summed E-state index contributed by atoms with van der Waals surface area (Å²) in [5.41, 5.74) is 7.30. The number of rotatable bonds is 3. The van der Waals surface area contributed by atoms with Crippen LogP contribution >= 0.6 is 28.1 Å². The minimum atomic E-state index is -0.702. The number of halogens is 3. The Morgan fingerprint density at radius 3 is 2.35 bits per heavy atom. The molecule has 0 saturated carbocycles. The van der Waals surface area contributed by atoms with Gasteiger partial charge >= 0.3 is 0 Å². The van der Waals surface area contributed by atoms with Gasteiger partial charge in [-0.05, 0) is 36.8 Å². The molecule has 0 amide bonds. The van der Waals surface area contributed by atoms with Crippen LogP contribution in [0.25, 0.3) is 0 Å². The predicted molar refractivity (Wildman–Crippen MR) is 84.4 cm³/mol. The van der Waals surface area contributed by atoms with E-state index in [4.69, 9.17) is 18.0 Å². The fourth-order valence-electron chi connectivity index (χ4n) is 1.77. The second kappa shape index (κ2) is 5.85. The minimum Gasteiger partial charge on any atom is -0.389 e. The molecule has 0 unspecified atom stereocenters. The number of aryl methyl sites for hydroxylation is 1. The van der Waals surface area contributed by atoms with Gasteiger partial charge < -0.3 is 11.1 Å². The van der Waals surface area contributed by atoms with Crippen molar-refractivity contribution >= 4 is 44.5 Å². The van der Waals surface area contributed by atoms with E-state index in [0.29, 0.717) is 15.7 Å². The van der Waals surface area contributed by atoms with Crippen LogP contribution in [-0.4, -0.2) is 4.99 Å². The van der Waals surface area contributed by atoms with Crippen molar-refractivity contribution in [1.29, 1.82) is 0 Å². The van der Waals surface area contributed by atoms with Gasteiger partial charge in [-0.3, -0.25) is 0 Å². The maximum atomic E-state index is 13.8. The van der Waals surface area contributed by atoms with Crippen molar-refractivity contribution in [1.82, 2.24) is 0 Å². The van der Waals surface area contributed by atoms with Gasteiger partial charge in [-0.15, -0.1) is 0 Å². The summed E-state index contributed by atoms with van der Waals surface area (Å²) in [6, 6.07) is 7.64. The molecule has 0 heterocycles. The molecule has 0 spiro atoms. The van der Waals surface area contributed by atoms with Crippen molar-refractivity contribution in [2.45, 2.75) is 6.92 Å². The molecule has 0 aromatic heterocycles.